The molecule has 3 aliphatic rings. The van der Waals surface area contributed by atoms with Crippen LogP contribution in [-0.4, -0.2) is 34.5 Å². The fraction of sp³-hybridized carbons (Fsp3) is 0.500. The molecule has 6 nitrogen and oxygen atoms in total. The second-order valence-corrected chi connectivity index (χ2v) is 7.94. The minimum atomic E-state index is -4.41. The molecule has 1 saturated carbocycles. The molecular formula is C20H21F3N4O2. The summed E-state index contributed by atoms with van der Waals surface area (Å²) >= 11 is 0. The number of para-hydroxylation sites is 1. The van der Waals surface area contributed by atoms with Crippen LogP contribution >= 0.6 is 0 Å². The van der Waals surface area contributed by atoms with Crippen LogP contribution in [0, 0.1) is 5.92 Å². The predicted octanol–water partition coefficient (Wildman–Crippen LogP) is 3.83. The minimum absolute atomic E-state index is 0.0119. The maximum atomic E-state index is 13.6. The van der Waals surface area contributed by atoms with Crippen molar-refractivity contribution >= 4 is 11.7 Å². The normalized spacial score (nSPS) is 26.0. The molecule has 29 heavy (non-hydrogen) atoms. The molecule has 9 heteroatoms. The van der Waals surface area contributed by atoms with E-state index < -0.39 is 18.1 Å². The van der Waals surface area contributed by atoms with E-state index >= 15 is 0 Å². The van der Waals surface area contributed by atoms with Crippen molar-refractivity contribution < 1.29 is 22.7 Å². The number of nitrogens with zero attached hydrogens (tertiary/aromatic N) is 2. The van der Waals surface area contributed by atoms with Gasteiger partial charge in [0.1, 0.15) is 11.6 Å². The zero-order valence-electron chi connectivity index (χ0n) is 15.6. The summed E-state index contributed by atoms with van der Waals surface area (Å²) in [4.78, 5) is 12.8. The van der Waals surface area contributed by atoms with E-state index in [4.69, 9.17) is 4.74 Å². The molecule has 1 fully saturated rings. The molecule has 154 valence electrons. The fourth-order valence-corrected chi connectivity index (χ4v) is 4.25. The van der Waals surface area contributed by atoms with Gasteiger partial charge in [-0.05, 0) is 31.2 Å². The molecule has 5 rings (SSSR count). The van der Waals surface area contributed by atoms with Crippen molar-refractivity contribution in [1.29, 1.82) is 0 Å². The summed E-state index contributed by atoms with van der Waals surface area (Å²) in [6.45, 7) is 0.461. The van der Waals surface area contributed by atoms with Gasteiger partial charge in [-0.15, -0.1) is 0 Å². The standard InChI is InChI=1S/C20H21F3N4O2/c21-20(22,23)17-9-14(11-5-6-11)24-18-10-15(26-27(17)18)19(28)25-13-7-8-29-16-4-2-1-3-12(13)16/h1-4,10-11,13-14,17,24H,5-9H2,(H,25,28). The Morgan fingerprint density at radius 3 is 2.79 bits per heavy atom. The molecule has 0 bridgehead atoms. The average molecular weight is 406 g/mol. The maximum Gasteiger partial charge on any atom is 0.410 e. The zero-order chi connectivity index (χ0) is 20.2. The first-order chi connectivity index (χ1) is 13.9. The van der Waals surface area contributed by atoms with E-state index in [0.717, 1.165) is 23.1 Å². The molecule has 3 atom stereocenters. The van der Waals surface area contributed by atoms with Crippen LogP contribution in [0.5, 0.6) is 5.75 Å². The van der Waals surface area contributed by atoms with Gasteiger partial charge in [-0.1, -0.05) is 18.2 Å². The summed E-state index contributed by atoms with van der Waals surface area (Å²) in [5.41, 5.74) is 0.846. The highest BCUT2D eigenvalue weighted by atomic mass is 19.4. The van der Waals surface area contributed by atoms with Crippen LogP contribution in [-0.2, 0) is 0 Å². The lowest BCUT2D eigenvalue weighted by molar-refractivity contribution is -0.174. The topological polar surface area (TPSA) is 68.2 Å². The summed E-state index contributed by atoms with van der Waals surface area (Å²) in [5, 5.41) is 10.1. The monoisotopic (exact) mass is 406 g/mol. The summed E-state index contributed by atoms with van der Waals surface area (Å²) in [5.74, 6) is 0.742. The van der Waals surface area contributed by atoms with Gasteiger partial charge in [0.25, 0.3) is 5.91 Å². The number of carbonyl (C=O) groups is 1. The molecule has 0 saturated heterocycles. The van der Waals surface area contributed by atoms with Crippen LogP contribution in [0.1, 0.15) is 53.8 Å². The number of ether oxygens (including phenoxy) is 1. The van der Waals surface area contributed by atoms with Crippen molar-refractivity contribution in [2.24, 2.45) is 5.92 Å². The van der Waals surface area contributed by atoms with Crippen molar-refractivity contribution in [3.05, 3.63) is 41.6 Å². The van der Waals surface area contributed by atoms with Gasteiger partial charge < -0.3 is 15.4 Å². The van der Waals surface area contributed by atoms with E-state index in [9.17, 15) is 18.0 Å². The van der Waals surface area contributed by atoms with Crippen LogP contribution < -0.4 is 15.4 Å². The molecular weight excluding hydrogens is 385 g/mol. The van der Waals surface area contributed by atoms with E-state index in [1.54, 1.807) is 0 Å². The lowest BCUT2D eigenvalue weighted by atomic mass is 10.00. The molecule has 0 spiro atoms. The highest BCUT2D eigenvalue weighted by Crippen LogP contribution is 2.45. The third-order valence-corrected chi connectivity index (χ3v) is 5.91. The van der Waals surface area contributed by atoms with E-state index in [2.05, 4.69) is 15.7 Å². The molecule has 2 aliphatic heterocycles. The lowest BCUT2D eigenvalue weighted by Gasteiger charge is -2.33. The molecule has 0 radical (unpaired) electrons. The van der Waals surface area contributed by atoms with Crippen LogP contribution in [0.15, 0.2) is 30.3 Å². The van der Waals surface area contributed by atoms with Gasteiger partial charge in [0.15, 0.2) is 11.7 Å². The second-order valence-electron chi connectivity index (χ2n) is 7.94. The molecule has 1 amide bonds. The van der Waals surface area contributed by atoms with Crippen molar-refractivity contribution in [3.63, 3.8) is 0 Å². The largest absolute Gasteiger partial charge is 0.493 e. The highest BCUT2D eigenvalue weighted by Gasteiger charge is 2.49. The summed E-state index contributed by atoms with van der Waals surface area (Å²) in [6.07, 6.45) is -2.01. The third kappa shape index (κ3) is 3.42. The predicted molar refractivity (Wildman–Crippen MR) is 98.8 cm³/mol. The SMILES string of the molecule is O=C(NC1CCOc2ccccc21)c1cc2n(n1)C(C(F)(F)F)CC(C1CC1)N2. The molecule has 2 aromatic rings. The number of anilines is 1. The van der Waals surface area contributed by atoms with E-state index in [-0.39, 0.29) is 35.9 Å². The van der Waals surface area contributed by atoms with Gasteiger partial charge in [0, 0.05) is 24.1 Å². The van der Waals surface area contributed by atoms with Crippen molar-refractivity contribution in [2.75, 3.05) is 11.9 Å². The first-order valence-electron chi connectivity index (χ1n) is 9.85. The minimum Gasteiger partial charge on any atom is -0.493 e. The molecule has 3 unspecified atom stereocenters. The number of nitrogens with one attached hydrogen (secondary N) is 2. The van der Waals surface area contributed by atoms with Crippen LogP contribution in [0.2, 0.25) is 0 Å². The Morgan fingerprint density at radius 1 is 1.24 bits per heavy atom. The van der Waals surface area contributed by atoms with Gasteiger partial charge in [-0.2, -0.15) is 18.3 Å². The van der Waals surface area contributed by atoms with Gasteiger partial charge in [0.2, 0.25) is 0 Å². The Kier molecular flexibility index (Phi) is 4.22. The summed E-state index contributed by atoms with van der Waals surface area (Å²) in [7, 11) is 0. The maximum absolute atomic E-state index is 13.6. The lowest BCUT2D eigenvalue weighted by Crippen LogP contribution is -2.40. The zero-order valence-corrected chi connectivity index (χ0v) is 15.6. The number of carbonyl (C=O) groups excluding carboxylic acids is 1. The third-order valence-electron chi connectivity index (χ3n) is 5.91. The Bertz CT molecular complexity index is 938. The molecule has 1 aliphatic carbocycles. The van der Waals surface area contributed by atoms with Crippen LogP contribution in [0.3, 0.4) is 0 Å². The Labute approximate surface area is 165 Å². The Balaban J connectivity index is 1.40. The first-order valence-corrected chi connectivity index (χ1v) is 9.85. The van der Waals surface area contributed by atoms with E-state index in [1.807, 2.05) is 24.3 Å². The first kappa shape index (κ1) is 18.3. The van der Waals surface area contributed by atoms with Crippen LogP contribution in [0.4, 0.5) is 19.0 Å². The molecule has 1 aromatic carbocycles. The fourth-order valence-electron chi connectivity index (χ4n) is 4.25. The molecule has 3 heterocycles. The Hall–Kier alpha value is -2.71. The van der Waals surface area contributed by atoms with Gasteiger partial charge in [0.05, 0.1) is 12.6 Å². The van der Waals surface area contributed by atoms with E-state index in [1.165, 1.54) is 6.07 Å². The van der Waals surface area contributed by atoms with Gasteiger partial charge in [-0.25, -0.2) is 4.68 Å². The number of benzene rings is 1. The Morgan fingerprint density at radius 2 is 2.03 bits per heavy atom. The quantitative estimate of drug-likeness (QED) is 0.813. The van der Waals surface area contributed by atoms with Crippen molar-refractivity contribution in [3.8, 4) is 5.75 Å². The number of halogens is 3. The highest BCUT2D eigenvalue weighted by molar-refractivity contribution is 5.93. The van der Waals surface area contributed by atoms with E-state index in [0.29, 0.717) is 18.8 Å². The number of amides is 1. The number of hydrogen-bond acceptors (Lipinski definition) is 4. The number of hydrogen-bond donors (Lipinski definition) is 2. The second kappa shape index (κ2) is 6.67. The number of fused-ring (bicyclic) bond motifs is 2. The number of aromatic nitrogens is 2. The van der Waals surface area contributed by atoms with Crippen molar-refractivity contribution in [2.45, 2.75) is 50.0 Å². The average Bonchev–Trinajstić information content (AvgIpc) is 3.45. The summed E-state index contributed by atoms with van der Waals surface area (Å²) < 4.78 is 47.4. The molecule has 2 N–H and O–H groups in total. The number of alkyl halides is 3. The van der Waals surface area contributed by atoms with Gasteiger partial charge in [-0.3, -0.25) is 4.79 Å². The smallest absolute Gasteiger partial charge is 0.410 e. The summed E-state index contributed by atoms with van der Waals surface area (Å²) in [6, 6.07) is 6.63. The van der Waals surface area contributed by atoms with Gasteiger partial charge >= 0.3 is 6.18 Å². The van der Waals surface area contributed by atoms with Crippen molar-refractivity contribution in [1.82, 2.24) is 15.1 Å². The van der Waals surface area contributed by atoms with Crippen LogP contribution in [0.25, 0.3) is 0 Å². The number of rotatable bonds is 3. The molecule has 1 aromatic heterocycles.